The molecule has 1 atom stereocenters. The Labute approximate surface area is 46.1 Å². The average Bonchev–Trinajstić information content (AvgIpc) is 1.86. The largest absolute Gasteiger partial charge is 0.481 e. The van der Waals surface area contributed by atoms with Crippen LogP contribution >= 0.6 is 0 Å². The highest BCUT2D eigenvalue weighted by molar-refractivity contribution is 5.69. The van der Waals surface area contributed by atoms with Gasteiger partial charge in [0.05, 0.1) is 5.89 Å². The Morgan fingerprint density at radius 3 is 3.00 bits per heavy atom. The monoisotopic (exact) mass is 104 g/mol. The van der Waals surface area contributed by atoms with Gasteiger partial charge < -0.3 is 5.11 Å². The van der Waals surface area contributed by atoms with E-state index in [-0.39, 0.29) is 0 Å². The van der Waals surface area contributed by atoms with Crippen molar-refractivity contribution in [2.75, 3.05) is 0 Å². The van der Waals surface area contributed by atoms with Crippen molar-refractivity contribution in [2.45, 2.75) is 20.3 Å². The van der Waals surface area contributed by atoms with Crippen LogP contribution in [0.2, 0.25) is 0 Å². The molecule has 0 amide bonds. The maximum Gasteiger partial charge on any atom is 0.306 e. The Morgan fingerprint density at radius 1 is 2.29 bits per heavy atom. The van der Waals surface area contributed by atoms with Crippen LogP contribution in [0.5, 0.6) is 0 Å². The molecule has 0 aliphatic carbocycles. The maximum atomic E-state index is 10.5. The molecule has 0 radical (unpaired) electrons. The summed E-state index contributed by atoms with van der Waals surface area (Å²) >= 11 is 0. The first kappa shape index (κ1) is 3.47. The second kappa shape index (κ2) is 2.61. The molecule has 0 saturated carbocycles. The summed E-state index contributed by atoms with van der Waals surface area (Å²) in [4.78, 5) is 10.5. The third-order valence-electron chi connectivity index (χ3n) is 0.879. The van der Waals surface area contributed by atoms with Crippen LogP contribution in [0, 0.1) is 5.89 Å². The second-order valence-electron chi connectivity index (χ2n) is 1.42. The summed E-state index contributed by atoms with van der Waals surface area (Å²) in [7, 11) is 0. The van der Waals surface area contributed by atoms with Crippen molar-refractivity contribution in [3.05, 3.63) is 0 Å². The zero-order chi connectivity index (χ0) is 7.49. The summed E-state index contributed by atoms with van der Waals surface area (Å²) in [5, 5.41) is 3.63. The van der Waals surface area contributed by atoms with Gasteiger partial charge in [-0.05, 0) is 6.42 Å². The average molecular weight is 104 g/mol. The molecule has 0 spiro atoms. The topological polar surface area (TPSA) is 37.3 Å². The number of carboxylic acids is 1. The minimum atomic E-state index is -1.25. The van der Waals surface area contributed by atoms with Crippen molar-refractivity contribution < 1.29 is 11.3 Å². The molecule has 0 aromatic heterocycles. The van der Waals surface area contributed by atoms with Gasteiger partial charge >= 0.3 is 5.97 Å². The lowest BCUT2D eigenvalue weighted by atomic mass is 10.1. The lowest BCUT2D eigenvalue weighted by Gasteiger charge is -1.96. The molecule has 0 aromatic carbocycles. The summed E-state index contributed by atoms with van der Waals surface area (Å²) in [6.07, 6.45) is 0.366. The van der Waals surface area contributed by atoms with Gasteiger partial charge in [-0.1, -0.05) is 13.8 Å². The number of hydrogen-bond acceptors (Lipinski definition) is 2. The fraction of sp³-hybridized carbons (Fsp3) is 0.800. The summed E-state index contributed by atoms with van der Waals surface area (Å²) in [6, 6.07) is 0. The van der Waals surface area contributed by atoms with E-state index in [9.17, 15) is 4.79 Å². The van der Waals surface area contributed by atoms with E-state index in [4.69, 9.17) is 2.80 Å². The number of carbonyl (C=O) groups is 1. The van der Waals surface area contributed by atoms with Crippen molar-refractivity contribution in [1.82, 2.24) is 0 Å². The maximum absolute atomic E-state index is 10.5. The van der Waals surface area contributed by atoms with E-state index in [0.29, 0.717) is 6.42 Å². The molecule has 0 aliphatic rings. The Morgan fingerprint density at radius 2 is 2.86 bits per heavy atom. The number of hydrogen-bond donors (Lipinski definition) is 1. The molecule has 42 valence electrons. The van der Waals surface area contributed by atoms with Crippen molar-refractivity contribution in [2.24, 2.45) is 5.89 Å². The minimum Gasteiger partial charge on any atom is -0.481 e. The van der Waals surface area contributed by atoms with E-state index in [1.54, 1.807) is 6.92 Å². The molecule has 7 heavy (non-hydrogen) atoms. The summed E-state index contributed by atoms with van der Waals surface area (Å²) in [5.74, 6) is -2.05. The molecule has 2 heteroatoms. The van der Waals surface area contributed by atoms with E-state index < -0.39 is 11.9 Å². The molecule has 0 bridgehead atoms. The molecule has 0 aliphatic heterocycles. The summed E-state index contributed by atoms with van der Waals surface area (Å²) < 4.78 is 13.4. The van der Waals surface area contributed by atoms with Crippen LogP contribution in [0.3, 0.4) is 0 Å². The standard InChI is InChI=1S/C5H10O2/c1-3-4(2)5(6)7/h4H,3H2,1-2H3,(H,6,7)/t4-/m0/s1/i4D/hD. The number of rotatable bonds is 2. The first-order valence-electron chi connectivity index (χ1n) is 3.13. The highest BCUT2D eigenvalue weighted by atomic mass is 16.4. The lowest BCUT2D eigenvalue weighted by molar-refractivity contribution is -0.141. The first-order valence-corrected chi connectivity index (χ1v) is 2.22. The predicted octanol–water partition coefficient (Wildman–Crippen LogP) is 1.12. The Bertz CT molecular complexity index is 112. The van der Waals surface area contributed by atoms with Crippen molar-refractivity contribution in [1.29, 1.82) is 1.43 Å². The second-order valence-corrected chi connectivity index (χ2v) is 1.42. The Hall–Kier alpha value is -0.530. The minimum absolute atomic E-state index is 0.366. The van der Waals surface area contributed by atoms with Gasteiger partial charge in [-0.25, -0.2) is 0 Å². The molecule has 0 heterocycles. The molecule has 0 fully saturated rings. The molecule has 0 rings (SSSR count). The zero-order valence-corrected chi connectivity index (χ0v) is 4.52. The van der Waals surface area contributed by atoms with Gasteiger partial charge in [0.2, 0.25) is 0 Å². The molecular formula is C5H10O2. The van der Waals surface area contributed by atoms with Crippen LogP contribution in [0.25, 0.3) is 1.43 Å². The van der Waals surface area contributed by atoms with E-state index in [1.165, 1.54) is 6.92 Å². The molecule has 0 unspecified atom stereocenters. The Balaban J connectivity index is 3.97. The molecule has 2 nitrogen and oxygen atoms in total. The number of carboxylic acid groups (broad SMARTS) is 1. The van der Waals surface area contributed by atoms with Gasteiger partial charge in [-0.2, -0.15) is 0 Å². The normalized spacial score (nSPS) is 21.4. The SMILES string of the molecule is [2H]OC(=O)[C@@]([2H])(C)CC. The van der Waals surface area contributed by atoms with Crippen molar-refractivity contribution in [3.8, 4) is 0 Å². The highest BCUT2D eigenvalue weighted by Gasteiger charge is 2.05. The van der Waals surface area contributed by atoms with Gasteiger partial charge in [0.1, 0.15) is 0 Å². The molecule has 1 N–H and O–H groups in total. The summed E-state index contributed by atoms with van der Waals surface area (Å²) in [6.45, 7) is 3.12. The quantitative estimate of drug-likeness (QED) is 0.570. The van der Waals surface area contributed by atoms with Gasteiger partial charge in [0.15, 0.2) is 0 Å². The Kier molecular flexibility index (Phi) is 1.29. The van der Waals surface area contributed by atoms with Crippen LogP contribution in [-0.4, -0.2) is 11.1 Å². The van der Waals surface area contributed by atoms with Crippen LogP contribution in [0.1, 0.15) is 21.6 Å². The fourth-order valence-electron chi connectivity index (χ4n) is 0.144. The highest BCUT2D eigenvalue weighted by Crippen LogP contribution is 1.97. The van der Waals surface area contributed by atoms with Gasteiger partial charge in [-0.3, -0.25) is 4.79 Å². The van der Waals surface area contributed by atoms with Crippen LogP contribution in [0.4, 0.5) is 0 Å². The third kappa shape index (κ3) is 2.20. The van der Waals surface area contributed by atoms with E-state index in [1.807, 2.05) is 0 Å². The van der Waals surface area contributed by atoms with E-state index in [0.717, 1.165) is 0 Å². The first-order chi connectivity index (χ1) is 4.04. The molecule has 0 saturated heterocycles. The fourth-order valence-corrected chi connectivity index (χ4v) is 0.144. The third-order valence-corrected chi connectivity index (χ3v) is 0.879. The number of aliphatic carboxylic acids is 1. The van der Waals surface area contributed by atoms with Crippen LogP contribution in [-0.2, 0) is 4.79 Å². The van der Waals surface area contributed by atoms with E-state index >= 15 is 0 Å². The van der Waals surface area contributed by atoms with E-state index in [2.05, 4.69) is 5.11 Å². The van der Waals surface area contributed by atoms with Gasteiger partial charge in [0, 0.05) is 1.37 Å². The smallest absolute Gasteiger partial charge is 0.306 e. The van der Waals surface area contributed by atoms with Gasteiger partial charge in [-0.15, -0.1) is 0 Å². The van der Waals surface area contributed by atoms with Crippen LogP contribution < -0.4 is 0 Å². The zero-order valence-electron chi connectivity index (χ0n) is 6.52. The van der Waals surface area contributed by atoms with Crippen molar-refractivity contribution >= 4 is 5.97 Å². The van der Waals surface area contributed by atoms with Crippen molar-refractivity contribution in [3.63, 3.8) is 0 Å². The van der Waals surface area contributed by atoms with Crippen LogP contribution in [0.15, 0.2) is 0 Å². The van der Waals surface area contributed by atoms with Gasteiger partial charge in [0.25, 0.3) is 1.43 Å². The lowest BCUT2D eigenvalue weighted by Crippen LogP contribution is -2.06. The molecule has 0 aromatic rings. The predicted molar refractivity (Wildman–Crippen MR) is 27.1 cm³/mol. The summed E-state index contributed by atoms with van der Waals surface area (Å²) in [5.41, 5.74) is 0. The molecular weight excluding hydrogens is 92.1 g/mol.